The fraction of sp³-hybridized carbons (Fsp3) is 0.279. The summed E-state index contributed by atoms with van der Waals surface area (Å²) in [5, 5.41) is 37.8. The second kappa shape index (κ2) is 50.5. The number of carbonyl (C=O) groups excluding carboxylic acids is 8. The SMILES string of the molecule is CC(=N)c1ccc(C(=O)Cc2ccc(N3CCOCC3)cc2C(=O)Nc2ccc(Cl)cn2)cc1.CN(C)c1ccc(CC(=O)c2ccc(C(=N)N3CCCCC3)cc2)c(C(=O)Nc2ccc(Cl)cn2)c1.CN1CCN=C1c1ccc(C(=O)Cc2ccc(N3CCOCC3)cc2C(=O)Nc2ccc(Cl)cn2)cc1.N=C(c1ccc(C(=O)Cc2ccc(N3CCOCC3)cc2C(=O)Nc2ccc(Cl)cn2)cc1)N1CCCC1. The van der Waals surface area contributed by atoms with E-state index in [0.29, 0.717) is 167 Å². The molecule has 18 rings (SSSR count). The standard InChI is InChI=1S/C29H30ClN5O3.C28H28ClN5O3.C28H30ClN5O2.C26H25ClN4O3/c30-23-8-10-27(32-19-23)33-29(37)25-18-24(34-13-15-38-16-14-34)9-7-22(25)17-26(36)20-3-5-21(6-4-20)28(31)35-11-1-2-12-35;1-33-11-10-30-27(33)20-4-2-19(3-5-20)25(35)16-21-6-8-23(34-12-14-37-15-13-34)17-24(21)28(36)32-26-9-7-22(29)18-31-26;1-33(2)23-12-10-21(24(17-23)28(36)32-26-13-11-22(29)18-31-26)16-25(35)19-6-8-20(9-7-19)27(30)34-14-4-3-5-15-34;1-17(28)18-2-4-19(5-3-18)24(32)14-20-6-8-22(31-10-12-34-13-11-31)15-23(20)26(33)30-25-9-7-21(27)16-29-25/h3-10,18-19,31H,1-2,11-17H2,(H,32,33,37);2-9,17-18H,10-16H2,1H3,(H,31,32,36);6-13,17-18,30H,3-5,14-16H2,1-2H3,(H,31,32,36);2-9,15-16,28H,10-14H2,1H3,(H,29,30,33). The molecule has 145 heavy (non-hydrogen) atoms. The Labute approximate surface area is 862 Å². The summed E-state index contributed by atoms with van der Waals surface area (Å²) in [6, 6.07) is 64.4. The van der Waals surface area contributed by atoms with Gasteiger partial charge in [0.1, 0.15) is 40.8 Å². The van der Waals surface area contributed by atoms with E-state index in [0.717, 1.165) is 155 Å². The van der Waals surface area contributed by atoms with E-state index in [9.17, 15) is 38.4 Å². The van der Waals surface area contributed by atoms with E-state index < -0.39 is 0 Å². The van der Waals surface area contributed by atoms with E-state index in [1.165, 1.54) is 31.2 Å². The summed E-state index contributed by atoms with van der Waals surface area (Å²) in [6.07, 6.45) is 11.8. The first-order valence-electron chi connectivity index (χ1n) is 48.1. The molecule has 4 amide bonds. The first-order chi connectivity index (χ1) is 70.2. The van der Waals surface area contributed by atoms with Crippen LogP contribution in [0.25, 0.3) is 0 Å². The van der Waals surface area contributed by atoms with Gasteiger partial charge in [-0.2, -0.15) is 0 Å². The minimum atomic E-state index is -0.346. The van der Waals surface area contributed by atoms with Crippen molar-refractivity contribution in [3.63, 3.8) is 0 Å². The lowest BCUT2D eigenvalue weighted by Crippen LogP contribution is -2.36. The van der Waals surface area contributed by atoms with Crippen molar-refractivity contribution in [2.75, 3.05) is 180 Å². The minimum absolute atomic E-state index is 0.0638. The van der Waals surface area contributed by atoms with E-state index in [4.69, 9.17) is 76.8 Å². The summed E-state index contributed by atoms with van der Waals surface area (Å²) in [5.41, 5.74) is 13.8. The second-order valence-corrected chi connectivity index (χ2v) is 37.5. The number of likely N-dealkylation sites (tertiary alicyclic amines) is 2. The zero-order chi connectivity index (χ0) is 102. The van der Waals surface area contributed by atoms with Gasteiger partial charge in [-0.15, -0.1) is 0 Å². The van der Waals surface area contributed by atoms with Gasteiger partial charge in [-0.05, 0) is 164 Å². The molecule has 4 aromatic heterocycles. The number of ketones is 4. The van der Waals surface area contributed by atoms with Crippen LogP contribution in [0, 0.1) is 16.2 Å². The van der Waals surface area contributed by atoms with Gasteiger partial charge in [-0.1, -0.05) is 168 Å². The van der Waals surface area contributed by atoms with Crippen LogP contribution in [0.3, 0.4) is 0 Å². The Bertz CT molecular complexity index is 6700. The number of likely N-dealkylation sites (N-methyl/N-ethyl adjacent to an activating group) is 1. The maximum absolute atomic E-state index is 13.4. The molecular weight excluding hydrogens is 1920 g/mol. The summed E-state index contributed by atoms with van der Waals surface area (Å²) in [4.78, 5) is 142. The van der Waals surface area contributed by atoms with Crippen LogP contribution in [0.2, 0.25) is 20.1 Å². The number of pyridine rings is 4. The number of aromatic nitrogens is 4. The van der Waals surface area contributed by atoms with E-state index in [1.807, 2.05) is 141 Å². The molecule has 746 valence electrons. The number of nitrogens with one attached hydrogen (secondary N) is 7. The van der Waals surface area contributed by atoms with Gasteiger partial charge in [0, 0.05) is 233 Å². The van der Waals surface area contributed by atoms with Crippen molar-refractivity contribution < 1.29 is 52.6 Å². The molecule has 30 nitrogen and oxygen atoms in total. The van der Waals surface area contributed by atoms with Crippen molar-refractivity contribution in [2.24, 2.45) is 4.99 Å². The van der Waals surface area contributed by atoms with Crippen molar-refractivity contribution in [2.45, 2.75) is 64.7 Å². The highest BCUT2D eigenvalue weighted by molar-refractivity contribution is 6.31. The molecule has 0 unspecified atom stereocenters. The molecule has 0 bridgehead atoms. The Morgan fingerprint density at radius 3 is 0.903 bits per heavy atom. The Hall–Kier alpha value is -14.8. The minimum Gasteiger partial charge on any atom is -0.378 e. The lowest BCUT2D eigenvalue weighted by molar-refractivity contribution is 0.0980. The number of amides is 4. The monoisotopic (exact) mass is 2030 g/mol. The number of carbonyl (C=O) groups is 8. The highest BCUT2D eigenvalue weighted by Crippen LogP contribution is 2.32. The molecule has 6 aliphatic heterocycles. The zero-order valence-electron chi connectivity index (χ0n) is 81.1. The Balaban J connectivity index is 0.000000145. The number of piperidine rings is 1. The number of ether oxygens (including phenoxy) is 3. The number of hydrogen-bond acceptors (Lipinski definition) is 24. The predicted molar refractivity (Wildman–Crippen MR) is 572 cm³/mol. The Kier molecular flexibility index (Phi) is 36.4. The summed E-state index contributed by atoms with van der Waals surface area (Å²) >= 11 is 23.7. The fourth-order valence-corrected chi connectivity index (χ4v) is 17.7. The van der Waals surface area contributed by atoms with Gasteiger partial charge < -0.3 is 75.2 Å². The Morgan fingerprint density at radius 2 is 0.621 bits per heavy atom. The molecule has 0 saturated carbocycles. The molecule has 0 radical (unpaired) electrons. The zero-order valence-corrected chi connectivity index (χ0v) is 84.1. The average molecular weight is 2030 g/mol. The molecule has 0 aliphatic carbocycles. The average Bonchev–Trinajstić information content (AvgIpc) is 0.940. The number of Topliss-reactive ketones (excluding diaryl/α,β-unsaturated/α-hetero) is 4. The predicted octanol–water partition coefficient (Wildman–Crippen LogP) is 18.5. The largest absolute Gasteiger partial charge is 0.378 e. The van der Waals surface area contributed by atoms with E-state index >= 15 is 0 Å². The molecular formula is C111H113Cl4N19O11. The lowest BCUT2D eigenvalue weighted by Gasteiger charge is -2.29. The third kappa shape index (κ3) is 28.7. The molecule has 34 heteroatoms. The van der Waals surface area contributed by atoms with Crippen LogP contribution in [0.1, 0.15) is 166 Å². The molecule has 6 aliphatic rings. The number of amidine groups is 3. The molecule has 12 aromatic rings. The van der Waals surface area contributed by atoms with Gasteiger partial charge >= 0.3 is 0 Å². The first kappa shape index (κ1) is 105. The maximum atomic E-state index is 13.4. The van der Waals surface area contributed by atoms with Crippen LogP contribution in [-0.4, -0.2) is 244 Å². The third-order valence-electron chi connectivity index (χ3n) is 25.5. The van der Waals surface area contributed by atoms with E-state index in [2.05, 4.69) is 75.6 Å². The molecule has 5 fully saturated rings. The molecule has 0 atom stereocenters. The number of anilines is 8. The normalized spacial score (nSPS) is 14.4. The molecule has 0 spiro atoms. The number of morpholine rings is 3. The van der Waals surface area contributed by atoms with Gasteiger partial charge in [0.25, 0.3) is 23.6 Å². The summed E-state index contributed by atoms with van der Waals surface area (Å²) in [7, 11) is 5.80. The van der Waals surface area contributed by atoms with Crippen molar-refractivity contribution >= 4 is 162 Å². The molecule has 7 N–H and O–H groups in total. The maximum Gasteiger partial charge on any atom is 0.257 e. The van der Waals surface area contributed by atoms with Gasteiger partial charge in [0.15, 0.2) is 23.1 Å². The number of hydrogen-bond donors (Lipinski definition) is 7. The van der Waals surface area contributed by atoms with Crippen molar-refractivity contribution in [3.8, 4) is 0 Å². The van der Waals surface area contributed by atoms with Crippen LogP contribution < -0.4 is 40.9 Å². The topological polar surface area (TPSA) is 371 Å². The van der Waals surface area contributed by atoms with Crippen molar-refractivity contribution in [1.29, 1.82) is 16.2 Å². The molecule has 10 heterocycles. The fourth-order valence-electron chi connectivity index (χ4n) is 17.3. The summed E-state index contributed by atoms with van der Waals surface area (Å²) in [5.74, 6) is 1.74. The van der Waals surface area contributed by atoms with Crippen LogP contribution in [0.4, 0.5) is 46.0 Å². The first-order valence-corrected chi connectivity index (χ1v) is 49.6. The molecule has 8 aromatic carbocycles. The van der Waals surface area contributed by atoms with Crippen LogP contribution in [0.15, 0.2) is 248 Å². The third-order valence-corrected chi connectivity index (χ3v) is 26.4. The number of halogens is 4. The smallest absolute Gasteiger partial charge is 0.257 e. The van der Waals surface area contributed by atoms with Gasteiger partial charge in [-0.25, -0.2) is 19.9 Å². The van der Waals surface area contributed by atoms with Crippen molar-refractivity contribution in [1.82, 2.24) is 34.6 Å². The second-order valence-electron chi connectivity index (χ2n) is 35.7. The van der Waals surface area contributed by atoms with Gasteiger partial charge in [0.05, 0.1) is 66.3 Å². The van der Waals surface area contributed by atoms with Crippen molar-refractivity contribution in [3.05, 3.63) is 352 Å². The summed E-state index contributed by atoms with van der Waals surface area (Å²) < 4.78 is 16.4. The van der Waals surface area contributed by atoms with Gasteiger partial charge in [-0.3, -0.25) is 54.2 Å². The number of aliphatic imine (C=N–C) groups is 1. The highest BCUT2D eigenvalue weighted by Gasteiger charge is 2.28. The number of rotatable bonds is 28. The van der Waals surface area contributed by atoms with E-state index in [1.54, 1.807) is 110 Å². The lowest BCUT2D eigenvalue weighted by atomic mass is 9.96. The Morgan fingerprint density at radius 1 is 0.338 bits per heavy atom. The quantitative estimate of drug-likeness (QED) is 0.0136. The highest BCUT2D eigenvalue weighted by atomic mass is 35.5. The molecule has 5 saturated heterocycles. The van der Waals surface area contributed by atoms with E-state index in [-0.39, 0.29) is 72.4 Å². The van der Waals surface area contributed by atoms with Gasteiger partial charge in [0.2, 0.25) is 0 Å². The summed E-state index contributed by atoms with van der Waals surface area (Å²) in [6.45, 7) is 15.2. The van der Waals surface area contributed by atoms with Crippen LogP contribution >= 0.6 is 46.4 Å². The number of benzene rings is 8. The number of nitrogens with zero attached hydrogens (tertiary/aromatic N) is 12. The van der Waals surface area contributed by atoms with Crippen LogP contribution in [0.5, 0.6) is 0 Å². The van der Waals surface area contributed by atoms with Crippen LogP contribution in [-0.2, 0) is 39.9 Å².